The minimum Gasteiger partial charge on any atom is -0.325 e. The number of nitrogens with zero attached hydrogens (tertiary/aromatic N) is 2. The summed E-state index contributed by atoms with van der Waals surface area (Å²) in [5, 5.41) is 14.2. The predicted molar refractivity (Wildman–Crippen MR) is 92.6 cm³/mol. The van der Waals surface area contributed by atoms with Gasteiger partial charge in [0.25, 0.3) is 5.91 Å². The number of urea groups is 1. The topological polar surface area (TPSA) is 102 Å². The summed E-state index contributed by atoms with van der Waals surface area (Å²) in [4.78, 5) is 38.1. The van der Waals surface area contributed by atoms with Gasteiger partial charge in [0.1, 0.15) is 12.1 Å². The van der Waals surface area contributed by atoms with Crippen molar-refractivity contribution in [3.8, 4) is 6.07 Å². The highest BCUT2D eigenvalue weighted by molar-refractivity contribution is 6.10. The molecule has 2 N–H and O–H groups in total. The molecule has 25 heavy (non-hydrogen) atoms. The molecule has 1 aromatic carbocycles. The van der Waals surface area contributed by atoms with E-state index in [2.05, 4.69) is 10.6 Å². The first-order valence-corrected chi connectivity index (χ1v) is 8.40. The van der Waals surface area contributed by atoms with Crippen LogP contribution in [-0.2, 0) is 9.59 Å². The maximum atomic E-state index is 12.7. The number of nitriles is 1. The number of carbonyl (C=O) groups is 3. The van der Waals surface area contributed by atoms with Crippen LogP contribution < -0.4 is 10.6 Å². The van der Waals surface area contributed by atoms with Gasteiger partial charge < -0.3 is 10.6 Å². The molecule has 0 spiro atoms. The number of rotatable bonds is 7. The summed E-state index contributed by atoms with van der Waals surface area (Å²) < 4.78 is 0. The Hall–Kier alpha value is -2.88. The van der Waals surface area contributed by atoms with Crippen molar-refractivity contribution in [1.29, 1.82) is 5.26 Å². The Labute approximate surface area is 147 Å². The monoisotopic (exact) mass is 342 g/mol. The highest BCUT2D eigenvalue weighted by Crippen LogP contribution is 2.28. The van der Waals surface area contributed by atoms with Crippen molar-refractivity contribution in [3.63, 3.8) is 0 Å². The zero-order valence-electron chi connectivity index (χ0n) is 14.5. The molecule has 1 saturated heterocycles. The van der Waals surface area contributed by atoms with E-state index in [4.69, 9.17) is 5.26 Å². The SMILES string of the molecule is CCCC1(CCC)NC(=O)N(CC(=O)Nc2ccc(C#N)cc2)C1=O. The lowest BCUT2D eigenvalue weighted by Gasteiger charge is -2.25. The predicted octanol–water partition coefficient (Wildman–Crippen LogP) is 2.39. The fourth-order valence-electron chi connectivity index (χ4n) is 3.11. The van der Waals surface area contributed by atoms with Gasteiger partial charge in [-0.2, -0.15) is 5.26 Å². The zero-order chi connectivity index (χ0) is 18.4. The molecule has 0 atom stereocenters. The average molecular weight is 342 g/mol. The highest BCUT2D eigenvalue weighted by Gasteiger charge is 2.50. The molecule has 1 heterocycles. The summed E-state index contributed by atoms with van der Waals surface area (Å²) in [7, 11) is 0. The van der Waals surface area contributed by atoms with Gasteiger partial charge in [0.05, 0.1) is 11.6 Å². The minimum absolute atomic E-state index is 0.333. The number of nitrogens with one attached hydrogen (secondary N) is 2. The van der Waals surface area contributed by atoms with Gasteiger partial charge in [-0.25, -0.2) is 4.79 Å². The van der Waals surface area contributed by atoms with Crippen LogP contribution in [0.4, 0.5) is 10.5 Å². The second-order valence-corrected chi connectivity index (χ2v) is 6.14. The van der Waals surface area contributed by atoms with Crippen LogP contribution in [0, 0.1) is 11.3 Å². The van der Waals surface area contributed by atoms with Crippen LogP contribution in [0.15, 0.2) is 24.3 Å². The first-order valence-electron chi connectivity index (χ1n) is 8.40. The van der Waals surface area contributed by atoms with E-state index in [9.17, 15) is 14.4 Å². The number of anilines is 1. The third-order valence-corrected chi connectivity index (χ3v) is 4.20. The molecule has 1 fully saturated rings. The Morgan fingerprint density at radius 3 is 2.32 bits per heavy atom. The van der Waals surface area contributed by atoms with E-state index in [0.29, 0.717) is 24.1 Å². The van der Waals surface area contributed by atoms with Crippen LogP contribution in [0.2, 0.25) is 0 Å². The van der Waals surface area contributed by atoms with E-state index in [1.165, 1.54) is 0 Å². The Morgan fingerprint density at radius 1 is 1.20 bits per heavy atom. The van der Waals surface area contributed by atoms with E-state index in [1.807, 2.05) is 19.9 Å². The fraction of sp³-hybridized carbons (Fsp3) is 0.444. The number of imide groups is 1. The molecule has 1 aliphatic rings. The molecule has 0 aliphatic carbocycles. The second kappa shape index (κ2) is 7.79. The van der Waals surface area contributed by atoms with E-state index in [0.717, 1.165) is 17.7 Å². The zero-order valence-corrected chi connectivity index (χ0v) is 14.5. The lowest BCUT2D eigenvalue weighted by Crippen LogP contribution is -2.47. The quantitative estimate of drug-likeness (QED) is 0.743. The van der Waals surface area contributed by atoms with E-state index in [-0.39, 0.29) is 12.5 Å². The molecule has 4 amide bonds. The Morgan fingerprint density at radius 2 is 1.80 bits per heavy atom. The van der Waals surface area contributed by atoms with E-state index < -0.39 is 17.5 Å². The molecule has 1 aliphatic heterocycles. The molecular weight excluding hydrogens is 320 g/mol. The van der Waals surface area contributed by atoms with Crippen molar-refractivity contribution in [2.24, 2.45) is 0 Å². The van der Waals surface area contributed by atoms with Crippen molar-refractivity contribution in [2.75, 3.05) is 11.9 Å². The van der Waals surface area contributed by atoms with E-state index >= 15 is 0 Å². The normalized spacial score (nSPS) is 15.6. The largest absolute Gasteiger partial charge is 0.325 e. The summed E-state index contributed by atoms with van der Waals surface area (Å²) in [5.74, 6) is -0.798. The van der Waals surface area contributed by atoms with Gasteiger partial charge in [0, 0.05) is 5.69 Å². The van der Waals surface area contributed by atoms with Gasteiger partial charge in [-0.05, 0) is 37.1 Å². The summed E-state index contributed by atoms with van der Waals surface area (Å²) in [6.07, 6.45) is 2.63. The van der Waals surface area contributed by atoms with Gasteiger partial charge in [-0.15, -0.1) is 0 Å². The first kappa shape index (κ1) is 18.5. The smallest absolute Gasteiger partial charge is 0.325 e. The van der Waals surface area contributed by atoms with Crippen molar-refractivity contribution in [1.82, 2.24) is 10.2 Å². The summed E-state index contributed by atoms with van der Waals surface area (Å²) in [6.45, 7) is 3.58. The minimum atomic E-state index is -0.894. The molecular formula is C18H22N4O3. The molecule has 7 heteroatoms. The van der Waals surface area contributed by atoms with Crippen molar-refractivity contribution >= 4 is 23.5 Å². The molecule has 7 nitrogen and oxygen atoms in total. The molecule has 0 radical (unpaired) electrons. The van der Waals surface area contributed by atoms with Gasteiger partial charge in [0.15, 0.2) is 0 Å². The molecule has 2 rings (SSSR count). The Bertz CT molecular complexity index is 700. The lowest BCUT2D eigenvalue weighted by atomic mass is 9.88. The summed E-state index contributed by atoms with van der Waals surface area (Å²) in [6, 6.07) is 7.82. The molecule has 0 aromatic heterocycles. The van der Waals surface area contributed by atoms with Crippen molar-refractivity contribution < 1.29 is 14.4 Å². The van der Waals surface area contributed by atoms with Gasteiger partial charge in [-0.1, -0.05) is 26.7 Å². The highest BCUT2D eigenvalue weighted by atomic mass is 16.2. The molecule has 0 saturated carbocycles. The number of hydrogen-bond acceptors (Lipinski definition) is 4. The Kier molecular flexibility index (Phi) is 5.75. The van der Waals surface area contributed by atoms with Crippen LogP contribution in [0.25, 0.3) is 0 Å². The van der Waals surface area contributed by atoms with Gasteiger partial charge in [0.2, 0.25) is 5.91 Å². The van der Waals surface area contributed by atoms with Crippen LogP contribution in [0.1, 0.15) is 45.1 Å². The first-order chi connectivity index (χ1) is 12.0. The average Bonchev–Trinajstić information content (AvgIpc) is 2.80. The second-order valence-electron chi connectivity index (χ2n) is 6.14. The molecule has 1 aromatic rings. The summed E-state index contributed by atoms with van der Waals surface area (Å²) >= 11 is 0. The molecule has 0 unspecified atom stereocenters. The number of hydrogen-bond donors (Lipinski definition) is 2. The number of carbonyl (C=O) groups excluding carboxylic acids is 3. The van der Waals surface area contributed by atoms with Gasteiger partial charge in [-0.3, -0.25) is 14.5 Å². The van der Waals surface area contributed by atoms with Crippen LogP contribution >= 0.6 is 0 Å². The lowest BCUT2D eigenvalue weighted by molar-refractivity contribution is -0.134. The molecule has 0 bridgehead atoms. The number of amides is 4. The summed E-state index contributed by atoms with van der Waals surface area (Å²) in [5.41, 5.74) is 0.0930. The maximum Gasteiger partial charge on any atom is 0.325 e. The van der Waals surface area contributed by atoms with Crippen LogP contribution in [0.3, 0.4) is 0 Å². The Balaban J connectivity index is 2.05. The van der Waals surface area contributed by atoms with Crippen LogP contribution in [0.5, 0.6) is 0 Å². The fourth-order valence-corrected chi connectivity index (χ4v) is 3.11. The third-order valence-electron chi connectivity index (χ3n) is 4.20. The van der Waals surface area contributed by atoms with Crippen molar-refractivity contribution in [3.05, 3.63) is 29.8 Å². The van der Waals surface area contributed by atoms with Crippen molar-refractivity contribution in [2.45, 2.75) is 45.1 Å². The number of benzene rings is 1. The van der Waals surface area contributed by atoms with Crippen LogP contribution in [-0.4, -0.2) is 34.8 Å². The molecule has 132 valence electrons. The maximum absolute atomic E-state index is 12.7. The van der Waals surface area contributed by atoms with Gasteiger partial charge >= 0.3 is 6.03 Å². The third kappa shape index (κ3) is 3.97. The van der Waals surface area contributed by atoms with E-state index in [1.54, 1.807) is 24.3 Å². The standard InChI is InChI=1S/C18H22N4O3/c1-3-9-18(10-4-2)16(24)22(17(25)21-18)12-15(23)20-14-7-5-13(11-19)6-8-14/h5-8H,3-4,9-10,12H2,1-2H3,(H,20,23)(H,21,25).